The van der Waals surface area contributed by atoms with Crippen LogP contribution in [0.1, 0.15) is 34.5 Å². The lowest BCUT2D eigenvalue weighted by atomic mass is 9.97. The average molecular weight is 340 g/mol. The molecule has 2 aromatic heterocycles. The molecule has 1 aromatic carbocycles. The van der Waals surface area contributed by atoms with Gasteiger partial charge in [0.05, 0.1) is 0 Å². The minimum absolute atomic E-state index is 0.0705. The zero-order valence-corrected chi connectivity index (χ0v) is 13.3. The third kappa shape index (κ3) is 2.51. The predicted octanol–water partition coefficient (Wildman–Crippen LogP) is 1.15. The molecule has 0 radical (unpaired) electrons. The summed E-state index contributed by atoms with van der Waals surface area (Å²) in [6.45, 7) is 0. The summed E-state index contributed by atoms with van der Waals surface area (Å²) >= 11 is 0. The number of aromatic amines is 2. The lowest BCUT2D eigenvalue weighted by Gasteiger charge is -2.15. The number of aryl methyl sites for hydroxylation is 1. The summed E-state index contributed by atoms with van der Waals surface area (Å²) in [4.78, 5) is 40.5. The molecule has 0 atom stereocenters. The van der Waals surface area contributed by atoms with E-state index < -0.39 is 11.5 Å². The number of hydrogen-bond acceptors (Lipinski definition) is 4. The van der Waals surface area contributed by atoms with E-state index in [4.69, 9.17) is 0 Å². The maximum atomic E-state index is 12.6. The second-order valence-electron chi connectivity index (χ2n) is 6.10. The Morgan fingerprint density at radius 2 is 1.84 bits per heavy atom. The molecular weight excluding hydrogens is 324 g/mol. The van der Waals surface area contributed by atoms with Gasteiger partial charge in [0.15, 0.2) is 5.65 Å². The molecule has 2 heterocycles. The van der Waals surface area contributed by atoms with E-state index >= 15 is 0 Å². The molecule has 1 aliphatic rings. The smallest absolute Gasteiger partial charge is 0.279 e. The van der Waals surface area contributed by atoms with Crippen molar-refractivity contribution in [2.24, 2.45) is 0 Å². The summed E-state index contributed by atoms with van der Waals surface area (Å²) in [5.41, 5.74) is 0.993. The van der Waals surface area contributed by atoms with Gasteiger partial charge in [-0.3, -0.25) is 19.5 Å². The Kier molecular flexibility index (Phi) is 3.45. The van der Waals surface area contributed by atoms with E-state index in [0.29, 0.717) is 17.7 Å². The average Bonchev–Trinajstić information content (AvgIpc) is 2.93. The van der Waals surface area contributed by atoms with Gasteiger partial charge in [-0.15, -0.1) is 0 Å². The molecule has 1 aliphatic carbocycles. The minimum atomic E-state index is -0.632. The first-order chi connectivity index (χ1) is 12.0. The quantitative estimate of drug-likeness (QED) is 0.523. The number of H-pyrrole nitrogens is 2. The fourth-order valence-corrected chi connectivity index (χ4v) is 3.21. The molecule has 0 bridgehead atoms. The van der Waals surface area contributed by atoms with Gasteiger partial charge in [-0.1, -0.05) is 0 Å². The number of phenols is 1. The van der Waals surface area contributed by atoms with E-state index in [-0.39, 0.29) is 22.5 Å². The molecule has 0 saturated carbocycles. The zero-order chi connectivity index (χ0) is 17.6. The Labute approximate surface area is 141 Å². The van der Waals surface area contributed by atoms with E-state index in [1.807, 2.05) is 0 Å². The van der Waals surface area contributed by atoms with Crippen LogP contribution in [0.2, 0.25) is 0 Å². The molecule has 0 unspecified atom stereocenters. The molecule has 25 heavy (non-hydrogen) atoms. The fraction of sp³-hybridized carbons (Fsp3) is 0.235. The van der Waals surface area contributed by atoms with Crippen molar-refractivity contribution >= 4 is 17.2 Å². The third-order valence-electron chi connectivity index (χ3n) is 4.45. The zero-order valence-electron chi connectivity index (χ0n) is 13.3. The van der Waals surface area contributed by atoms with Crippen molar-refractivity contribution in [2.45, 2.75) is 25.7 Å². The number of amides is 1. The summed E-state index contributed by atoms with van der Waals surface area (Å²) in [6.07, 6.45) is 3.28. The van der Waals surface area contributed by atoms with Crippen LogP contribution in [0.25, 0.3) is 5.65 Å². The maximum Gasteiger partial charge on any atom is 0.279 e. The third-order valence-corrected chi connectivity index (χ3v) is 4.45. The van der Waals surface area contributed by atoms with Gasteiger partial charge in [-0.25, -0.2) is 0 Å². The first-order valence-corrected chi connectivity index (χ1v) is 8.04. The minimum Gasteiger partial charge on any atom is -0.508 e. The predicted molar refractivity (Wildman–Crippen MR) is 91.3 cm³/mol. The highest BCUT2D eigenvalue weighted by molar-refractivity contribution is 6.08. The number of aromatic nitrogens is 3. The van der Waals surface area contributed by atoms with Gasteiger partial charge in [0.2, 0.25) is 0 Å². The van der Waals surface area contributed by atoms with Crippen molar-refractivity contribution in [3.05, 3.63) is 61.8 Å². The van der Waals surface area contributed by atoms with Crippen LogP contribution in [0.4, 0.5) is 5.69 Å². The lowest BCUT2D eigenvalue weighted by molar-refractivity contribution is 0.102. The van der Waals surface area contributed by atoms with Crippen LogP contribution in [-0.2, 0) is 12.8 Å². The largest absolute Gasteiger partial charge is 0.508 e. The summed E-state index contributed by atoms with van der Waals surface area (Å²) in [5, 5.41) is 14.3. The first kappa shape index (κ1) is 15.3. The van der Waals surface area contributed by atoms with Gasteiger partial charge in [0.25, 0.3) is 17.0 Å². The second-order valence-corrected chi connectivity index (χ2v) is 6.10. The van der Waals surface area contributed by atoms with Crippen LogP contribution in [0, 0.1) is 0 Å². The Bertz CT molecular complexity index is 1090. The van der Waals surface area contributed by atoms with Crippen LogP contribution in [0.5, 0.6) is 5.75 Å². The van der Waals surface area contributed by atoms with Gasteiger partial charge in [0, 0.05) is 16.9 Å². The molecule has 0 fully saturated rings. The van der Waals surface area contributed by atoms with Gasteiger partial charge in [0.1, 0.15) is 11.3 Å². The summed E-state index contributed by atoms with van der Waals surface area (Å²) in [5.74, 6) is -0.554. The number of rotatable bonds is 2. The standard InChI is InChI=1S/C17H16N4O4/c22-10-7-5-9(6-8-10)18-15(23)13-14-19-12-4-2-1-3-11(12)17(25)21(14)20-16(13)24/h5-8,19,22H,1-4H2,(H,18,23)(H,20,24). The van der Waals surface area contributed by atoms with Crippen molar-refractivity contribution in [1.29, 1.82) is 0 Å². The molecular formula is C17H16N4O4. The summed E-state index contributed by atoms with van der Waals surface area (Å²) < 4.78 is 1.11. The highest BCUT2D eigenvalue weighted by Crippen LogP contribution is 2.18. The molecule has 0 spiro atoms. The van der Waals surface area contributed by atoms with Crippen molar-refractivity contribution < 1.29 is 9.90 Å². The molecule has 1 amide bonds. The fourth-order valence-electron chi connectivity index (χ4n) is 3.21. The Morgan fingerprint density at radius 3 is 2.60 bits per heavy atom. The van der Waals surface area contributed by atoms with Crippen molar-refractivity contribution in [3.8, 4) is 5.75 Å². The van der Waals surface area contributed by atoms with Crippen molar-refractivity contribution in [3.63, 3.8) is 0 Å². The molecule has 8 heteroatoms. The second kappa shape index (κ2) is 5.66. The Hall–Kier alpha value is -3.29. The highest BCUT2D eigenvalue weighted by Gasteiger charge is 2.23. The van der Waals surface area contributed by atoms with E-state index in [0.717, 1.165) is 29.5 Å². The summed E-state index contributed by atoms with van der Waals surface area (Å²) in [6, 6.07) is 5.89. The summed E-state index contributed by atoms with van der Waals surface area (Å²) in [7, 11) is 0. The van der Waals surface area contributed by atoms with Crippen LogP contribution >= 0.6 is 0 Å². The van der Waals surface area contributed by atoms with Crippen LogP contribution in [-0.4, -0.2) is 25.6 Å². The van der Waals surface area contributed by atoms with E-state index in [2.05, 4.69) is 15.4 Å². The number of carbonyl (C=O) groups is 1. The number of benzene rings is 1. The van der Waals surface area contributed by atoms with E-state index in [1.54, 1.807) is 0 Å². The number of nitrogens with one attached hydrogen (secondary N) is 3. The number of carbonyl (C=O) groups excluding carboxylic acids is 1. The Morgan fingerprint density at radius 1 is 1.12 bits per heavy atom. The normalized spacial score (nSPS) is 13.6. The number of aromatic hydroxyl groups is 1. The van der Waals surface area contributed by atoms with Crippen LogP contribution in [0.3, 0.4) is 0 Å². The lowest BCUT2D eigenvalue weighted by Crippen LogP contribution is -2.25. The molecule has 3 aromatic rings. The molecule has 4 rings (SSSR count). The van der Waals surface area contributed by atoms with Crippen LogP contribution < -0.4 is 16.4 Å². The van der Waals surface area contributed by atoms with Gasteiger partial charge < -0.3 is 15.4 Å². The topological polar surface area (TPSA) is 119 Å². The maximum absolute atomic E-state index is 12.6. The van der Waals surface area contributed by atoms with Crippen molar-refractivity contribution in [2.75, 3.05) is 5.32 Å². The molecule has 0 saturated heterocycles. The molecule has 0 aliphatic heterocycles. The van der Waals surface area contributed by atoms with Crippen LogP contribution in [0.15, 0.2) is 33.9 Å². The van der Waals surface area contributed by atoms with Gasteiger partial charge >= 0.3 is 0 Å². The number of hydrogen-bond donors (Lipinski definition) is 4. The number of fused-ring (bicyclic) bond motifs is 2. The van der Waals surface area contributed by atoms with Crippen molar-refractivity contribution in [1.82, 2.24) is 14.6 Å². The molecule has 8 nitrogen and oxygen atoms in total. The number of anilines is 1. The Balaban J connectivity index is 1.81. The van der Waals surface area contributed by atoms with E-state index in [1.165, 1.54) is 24.3 Å². The number of phenolic OH excluding ortho intramolecular Hbond substituents is 1. The van der Waals surface area contributed by atoms with E-state index in [9.17, 15) is 19.5 Å². The number of nitrogens with zero attached hydrogens (tertiary/aromatic N) is 1. The van der Waals surface area contributed by atoms with Gasteiger partial charge in [-0.05, 0) is 49.9 Å². The highest BCUT2D eigenvalue weighted by atomic mass is 16.3. The van der Waals surface area contributed by atoms with Gasteiger partial charge in [-0.2, -0.15) is 4.52 Å². The molecule has 128 valence electrons. The SMILES string of the molecule is O=C(Nc1ccc(O)cc1)c1c(=O)[nH]n2c(=O)c3c([nH]c12)CCCC3. The first-order valence-electron chi connectivity index (χ1n) is 8.04. The monoisotopic (exact) mass is 340 g/mol. The molecule has 4 N–H and O–H groups in total.